The van der Waals surface area contributed by atoms with Crippen molar-refractivity contribution in [3.63, 3.8) is 0 Å². The lowest BCUT2D eigenvalue weighted by Gasteiger charge is -2.15. The summed E-state index contributed by atoms with van der Waals surface area (Å²) in [4.78, 5) is 0. The van der Waals surface area contributed by atoms with Crippen LogP contribution in [0, 0.1) is 5.82 Å². The molecule has 0 aliphatic rings. The van der Waals surface area contributed by atoms with Crippen LogP contribution in [0.2, 0.25) is 0 Å². The summed E-state index contributed by atoms with van der Waals surface area (Å²) in [7, 11) is 1.93. The molecule has 3 nitrogen and oxygen atoms in total. The van der Waals surface area contributed by atoms with Gasteiger partial charge in [0.2, 0.25) is 0 Å². The van der Waals surface area contributed by atoms with Crippen LogP contribution in [-0.4, -0.2) is 16.7 Å². The Balaban J connectivity index is 1.91. The minimum absolute atomic E-state index is 0.153. The van der Waals surface area contributed by atoms with Crippen LogP contribution in [0.4, 0.5) is 4.39 Å². The predicted molar refractivity (Wildman–Crippen MR) is 77.1 cm³/mol. The number of benzene rings is 1. The van der Waals surface area contributed by atoms with Crippen molar-refractivity contribution < 1.29 is 4.39 Å². The summed E-state index contributed by atoms with van der Waals surface area (Å²) in [5, 5.41) is 7.67. The van der Waals surface area contributed by atoms with Crippen molar-refractivity contribution in [1.29, 1.82) is 0 Å². The number of hydrogen-bond donors (Lipinski definition) is 1. The number of likely N-dealkylation sites (N-methyl/N-ethyl adjacent to an activating group) is 1. The third-order valence-corrected chi connectivity index (χ3v) is 3.53. The normalized spacial score (nSPS) is 12.7. The van der Waals surface area contributed by atoms with Gasteiger partial charge in [-0.1, -0.05) is 18.2 Å². The van der Waals surface area contributed by atoms with Crippen LogP contribution in [-0.2, 0) is 6.42 Å². The molecule has 0 aliphatic heterocycles. The van der Waals surface area contributed by atoms with Crippen molar-refractivity contribution in [3.8, 4) is 0 Å². The Kier molecular flexibility index (Phi) is 3.48. The topological polar surface area (TPSA) is 29.3 Å². The van der Waals surface area contributed by atoms with Gasteiger partial charge >= 0.3 is 0 Å². The van der Waals surface area contributed by atoms with Gasteiger partial charge in [-0.2, -0.15) is 5.10 Å². The van der Waals surface area contributed by atoms with E-state index in [-0.39, 0.29) is 11.9 Å². The number of aromatic nitrogens is 2. The molecule has 102 valence electrons. The van der Waals surface area contributed by atoms with Gasteiger partial charge in [-0.3, -0.25) is 0 Å². The van der Waals surface area contributed by atoms with Gasteiger partial charge in [0.25, 0.3) is 0 Å². The maximum absolute atomic E-state index is 13.0. The zero-order valence-corrected chi connectivity index (χ0v) is 11.3. The minimum Gasteiger partial charge on any atom is -0.313 e. The van der Waals surface area contributed by atoms with E-state index in [4.69, 9.17) is 0 Å². The fraction of sp³-hybridized carbons (Fsp3) is 0.188. The number of nitrogens with one attached hydrogen (secondary N) is 1. The average molecular weight is 269 g/mol. The molecule has 0 spiro atoms. The molecule has 4 heteroatoms. The van der Waals surface area contributed by atoms with Crippen molar-refractivity contribution in [3.05, 3.63) is 71.8 Å². The molecule has 0 bridgehead atoms. The number of hydrogen-bond acceptors (Lipinski definition) is 2. The van der Waals surface area contributed by atoms with E-state index in [9.17, 15) is 4.39 Å². The van der Waals surface area contributed by atoms with Crippen molar-refractivity contribution in [2.75, 3.05) is 7.05 Å². The van der Waals surface area contributed by atoms with E-state index in [0.717, 1.165) is 23.1 Å². The molecule has 1 aromatic carbocycles. The van der Waals surface area contributed by atoms with E-state index >= 15 is 0 Å². The summed E-state index contributed by atoms with van der Waals surface area (Å²) in [6.45, 7) is 0. The first-order chi connectivity index (χ1) is 9.78. The first kappa shape index (κ1) is 12.8. The second-order valence-electron chi connectivity index (χ2n) is 4.80. The molecule has 0 aliphatic carbocycles. The second kappa shape index (κ2) is 5.43. The van der Waals surface area contributed by atoms with Crippen molar-refractivity contribution in [2.45, 2.75) is 12.5 Å². The average Bonchev–Trinajstić information content (AvgIpc) is 2.91. The maximum atomic E-state index is 13.0. The molecule has 20 heavy (non-hydrogen) atoms. The number of pyridine rings is 1. The fourth-order valence-electron chi connectivity index (χ4n) is 2.45. The molecule has 0 saturated carbocycles. The van der Waals surface area contributed by atoms with E-state index < -0.39 is 0 Å². The summed E-state index contributed by atoms with van der Waals surface area (Å²) >= 11 is 0. The van der Waals surface area contributed by atoms with Crippen LogP contribution >= 0.6 is 0 Å². The SMILES string of the molecule is CNC(Cc1ccc(F)cc1)c1cnn2ccccc12. The Labute approximate surface area is 117 Å². The van der Waals surface area contributed by atoms with Gasteiger partial charge in [0.15, 0.2) is 0 Å². The molecular weight excluding hydrogens is 253 g/mol. The Morgan fingerprint density at radius 3 is 2.75 bits per heavy atom. The molecule has 1 unspecified atom stereocenters. The third-order valence-electron chi connectivity index (χ3n) is 3.53. The van der Waals surface area contributed by atoms with Gasteiger partial charge < -0.3 is 5.32 Å². The molecule has 0 fully saturated rings. The summed E-state index contributed by atoms with van der Waals surface area (Å²) in [5.41, 5.74) is 3.34. The third kappa shape index (κ3) is 2.42. The first-order valence-corrected chi connectivity index (χ1v) is 6.62. The van der Waals surface area contributed by atoms with E-state index in [1.807, 2.05) is 48.2 Å². The Morgan fingerprint density at radius 1 is 1.20 bits per heavy atom. The molecular formula is C16H16FN3. The van der Waals surface area contributed by atoms with Crippen LogP contribution in [0.5, 0.6) is 0 Å². The number of rotatable bonds is 4. The van der Waals surface area contributed by atoms with E-state index in [1.165, 1.54) is 12.1 Å². The second-order valence-corrected chi connectivity index (χ2v) is 4.80. The smallest absolute Gasteiger partial charge is 0.123 e. The summed E-state index contributed by atoms with van der Waals surface area (Å²) in [6.07, 6.45) is 4.62. The largest absolute Gasteiger partial charge is 0.313 e. The van der Waals surface area contributed by atoms with Crippen molar-refractivity contribution >= 4 is 5.52 Å². The Bertz CT molecular complexity index is 703. The molecule has 0 radical (unpaired) electrons. The summed E-state index contributed by atoms with van der Waals surface area (Å²) < 4.78 is 14.8. The Hall–Kier alpha value is -2.20. The fourth-order valence-corrected chi connectivity index (χ4v) is 2.45. The summed E-state index contributed by atoms with van der Waals surface area (Å²) in [6, 6.07) is 12.8. The highest BCUT2D eigenvalue weighted by Gasteiger charge is 2.15. The number of fused-ring (bicyclic) bond motifs is 1. The Morgan fingerprint density at radius 2 is 2.00 bits per heavy atom. The lowest BCUT2D eigenvalue weighted by molar-refractivity contribution is 0.592. The molecule has 0 saturated heterocycles. The zero-order valence-electron chi connectivity index (χ0n) is 11.3. The number of halogens is 1. The maximum Gasteiger partial charge on any atom is 0.123 e. The van der Waals surface area contributed by atoms with Gasteiger partial charge in [-0.25, -0.2) is 8.91 Å². The van der Waals surface area contributed by atoms with Crippen molar-refractivity contribution in [2.24, 2.45) is 0 Å². The van der Waals surface area contributed by atoms with Crippen LogP contribution in [0.25, 0.3) is 5.52 Å². The zero-order chi connectivity index (χ0) is 13.9. The lowest BCUT2D eigenvalue weighted by Crippen LogP contribution is -2.18. The molecule has 3 aromatic rings. The molecule has 0 amide bonds. The monoisotopic (exact) mass is 269 g/mol. The molecule has 1 N–H and O–H groups in total. The highest BCUT2D eigenvalue weighted by molar-refractivity contribution is 5.55. The predicted octanol–water partition coefficient (Wildman–Crippen LogP) is 2.98. The van der Waals surface area contributed by atoms with Crippen LogP contribution < -0.4 is 5.32 Å². The molecule has 1 atom stereocenters. The van der Waals surface area contributed by atoms with Gasteiger partial charge in [-0.05, 0) is 43.3 Å². The lowest BCUT2D eigenvalue weighted by atomic mass is 10.00. The molecule has 2 aromatic heterocycles. The van der Waals surface area contributed by atoms with E-state index in [2.05, 4.69) is 16.5 Å². The van der Waals surface area contributed by atoms with E-state index in [1.54, 1.807) is 0 Å². The van der Waals surface area contributed by atoms with Crippen LogP contribution in [0.3, 0.4) is 0 Å². The number of nitrogens with zero attached hydrogens (tertiary/aromatic N) is 2. The van der Waals surface area contributed by atoms with Crippen molar-refractivity contribution in [1.82, 2.24) is 14.9 Å². The highest BCUT2D eigenvalue weighted by atomic mass is 19.1. The standard InChI is InChI=1S/C16H16FN3/c1-18-15(10-12-5-7-13(17)8-6-12)14-11-19-20-9-3-2-4-16(14)20/h2-9,11,15,18H,10H2,1H3. The quantitative estimate of drug-likeness (QED) is 0.789. The molecule has 3 rings (SSSR count). The minimum atomic E-state index is -0.203. The first-order valence-electron chi connectivity index (χ1n) is 6.62. The van der Waals surface area contributed by atoms with Crippen LogP contribution in [0.1, 0.15) is 17.2 Å². The molecule has 2 heterocycles. The van der Waals surface area contributed by atoms with Gasteiger partial charge in [0.05, 0.1) is 11.7 Å². The summed E-state index contributed by atoms with van der Waals surface area (Å²) in [5.74, 6) is -0.203. The van der Waals surface area contributed by atoms with Gasteiger partial charge in [0.1, 0.15) is 5.82 Å². The highest BCUT2D eigenvalue weighted by Crippen LogP contribution is 2.22. The van der Waals surface area contributed by atoms with E-state index in [0.29, 0.717) is 0 Å². The van der Waals surface area contributed by atoms with Gasteiger partial charge in [0, 0.05) is 17.8 Å². The van der Waals surface area contributed by atoms with Crippen LogP contribution in [0.15, 0.2) is 54.9 Å². The van der Waals surface area contributed by atoms with Gasteiger partial charge in [-0.15, -0.1) is 0 Å².